The Morgan fingerprint density at radius 1 is 1.39 bits per heavy atom. The molecule has 0 aliphatic heterocycles. The van der Waals surface area contributed by atoms with Crippen LogP contribution in [-0.2, 0) is 6.42 Å². The van der Waals surface area contributed by atoms with Crippen LogP contribution in [0.25, 0.3) is 0 Å². The van der Waals surface area contributed by atoms with E-state index in [0.717, 1.165) is 12.1 Å². The Labute approximate surface area is 104 Å². The summed E-state index contributed by atoms with van der Waals surface area (Å²) in [6.07, 6.45) is 5.30. The largest absolute Gasteiger partial charge is 0.478 e. The molecule has 0 amide bonds. The Morgan fingerprint density at radius 2 is 2.22 bits per heavy atom. The molecule has 0 aliphatic rings. The number of rotatable bonds is 4. The van der Waals surface area contributed by atoms with Crippen LogP contribution < -0.4 is 5.32 Å². The standard InChI is InChI=1S/C12H12N4O2/c1-2-8-3-4-9(12(17)18)11(15-8)16-10-7-13-5-6-14-10/h3-7H,2H2,1H3,(H,17,18)(H,14,15,16). The van der Waals surface area contributed by atoms with E-state index in [2.05, 4.69) is 20.3 Å². The molecule has 6 nitrogen and oxygen atoms in total. The van der Waals surface area contributed by atoms with E-state index in [1.54, 1.807) is 12.3 Å². The maximum absolute atomic E-state index is 11.1. The van der Waals surface area contributed by atoms with Crippen LogP contribution >= 0.6 is 0 Å². The quantitative estimate of drug-likeness (QED) is 0.853. The van der Waals surface area contributed by atoms with Crippen LogP contribution in [0.3, 0.4) is 0 Å². The van der Waals surface area contributed by atoms with E-state index < -0.39 is 5.97 Å². The molecule has 2 rings (SSSR count). The molecule has 0 aromatic carbocycles. The Bertz CT molecular complexity index is 557. The van der Waals surface area contributed by atoms with Crippen LogP contribution in [0, 0.1) is 0 Å². The number of carboxylic acid groups (broad SMARTS) is 1. The minimum atomic E-state index is -1.03. The first-order valence-corrected chi connectivity index (χ1v) is 5.47. The number of carboxylic acids is 1. The number of aromatic carboxylic acids is 1. The second-order valence-corrected chi connectivity index (χ2v) is 3.57. The van der Waals surface area contributed by atoms with E-state index in [1.165, 1.54) is 18.5 Å². The topological polar surface area (TPSA) is 88.0 Å². The van der Waals surface area contributed by atoms with Crippen molar-refractivity contribution in [3.05, 3.63) is 42.0 Å². The summed E-state index contributed by atoms with van der Waals surface area (Å²) in [5.41, 5.74) is 0.921. The summed E-state index contributed by atoms with van der Waals surface area (Å²) in [5, 5.41) is 12.0. The summed E-state index contributed by atoms with van der Waals surface area (Å²) >= 11 is 0. The van der Waals surface area contributed by atoms with E-state index >= 15 is 0 Å². The molecular formula is C12H12N4O2. The predicted molar refractivity (Wildman–Crippen MR) is 65.9 cm³/mol. The van der Waals surface area contributed by atoms with Gasteiger partial charge in [-0.25, -0.2) is 14.8 Å². The van der Waals surface area contributed by atoms with Gasteiger partial charge in [0.2, 0.25) is 0 Å². The molecule has 0 aliphatic carbocycles. The molecule has 6 heteroatoms. The average molecular weight is 244 g/mol. The van der Waals surface area contributed by atoms with E-state index in [4.69, 9.17) is 5.11 Å². The molecule has 18 heavy (non-hydrogen) atoms. The van der Waals surface area contributed by atoms with Crippen LogP contribution in [0.15, 0.2) is 30.7 Å². The summed E-state index contributed by atoms with van der Waals surface area (Å²) in [6, 6.07) is 3.23. The van der Waals surface area contributed by atoms with Gasteiger partial charge in [0.1, 0.15) is 17.2 Å². The zero-order valence-corrected chi connectivity index (χ0v) is 9.79. The third kappa shape index (κ3) is 2.60. The first-order valence-electron chi connectivity index (χ1n) is 5.47. The van der Waals surface area contributed by atoms with Crippen LogP contribution in [-0.4, -0.2) is 26.0 Å². The molecule has 0 fully saturated rings. The van der Waals surface area contributed by atoms with Gasteiger partial charge in [-0.15, -0.1) is 0 Å². The van der Waals surface area contributed by atoms with Gasteiger partial charge in [-0.3, -0.25) is 4.98 Å². The van der Waals surface area contributed by atoms with Gasteiger partial charge < -0.3 is 10.4 Å². The van der Waals surface area contributed by atoms with Crippen molar-refractivity contribution in [1.29, 1.82) is 0 Å². The van der Waals surface area contributed by atoms with Crippen molar-refractivity contribution < 1.29 is 9.90 Å². The van der Waals surface area contributed by atoms with Crippen molar-refractivity contribution in [2.45, 2.75) is 13.3 Å². The zero-order valence-electron chi connectivity index (χ0n) is 9.79. The fraction of sp³-hybridized carbons (Fsp3) is 0.167. The van der Waals surface area contributed by atoms with Crippen molar-refractivity contribution in [2.24, 2.45) is 0 Å². The minimum absolute atomic E-state index is 0.109. The van der Waals surface area contributed by atoms with Gasteiger partial charge in [0, 0.05) is 18.1 Å². The smallest absolute Gasteiger partial charge is 0.339 e. The fourth-order valence-corrected chi connectivity index (χ4v) is 1.45. The summed E-state index contributed by atoms with van der Waals surface area (Å²) in [5.74, 6) is -0.292. The Morgan fingerprint density at radius 3 is 2.83 bits per heavy atom. The van der Waals surface area contributed by atoms with Crippen molar-refractivity contribution in [3.63, 3.8) is 0 Å². The van der Waals surface area contributed by atoms with Crippen molar-refractivity contribution in [2.75, 3.05) is 5.32 Å². The zero-order chi connectivity index (χ0) is 13.0. The fourth-order valence-electron chi connectivity index (χ4n) is 1.45. The molecule has 0 bridgehead atoms. The SMILES string of the molecule is CCc1ccc(C(=O)O)c(Nc2cnccn2)n1. The van der Waals surface area contributed by atoms with Crippen molar-refractivity contribution in [1.82, 2.24) is 15.0 Å². The monoisotopic (exact) mass is 244 g/mol. The second-order valence-electron chi connectivity index (χ2n) is 3.57. The number of nitrogens with zero attached hydrogens (tertiary/aromatic N) is 3. The molecule has 2 N–H and O–H groups in total. The molecule has 0 radical (unpaired) electrons. The highest BCUT2D eigenvalue weighted by atomic mass is 16.4. The van der Waals surface area contributed by atoms with E-state index in [-0.39, 0.29) is 11.4 Å². The molecular weight excluding hydrogens is 232 g/mol. The van der Waals surface area contributed by atoms with Crippen LogP contribution in [0.2, 0.25) is 0 Å². The van der Waals surface area contributed by atoms with Crippen LogP contribution in [0.4, 0.5) is 11.6 Å². The van der Waals surface area contributed by atoms with Gasteiger partial charge in [-0.1, -0.05) is 6.92 Å². The van der Waals surface area contributed by atoms with Crippen LogP contribution in [0.1, 0.15) is 23.0 Å². The van der Waals surface area contributed by atoms with Gasteiger partial charge in [-0.2, -0.15) is 0 Å². The first kappa shape index (κ1) is 12.0. The average Bonchev–Trinajstić information content (AvgIpc) is 2.39. The maximum atomic E-state index is 11.1. The van der Waals surface area contributed by atoms with Crippen molar-refractivity contribution in [3.8, 4) is 0 Å². The van der Waals surface area contributed by atoms with E-state index in [1.807, 2.05) is 6.92 Å². The number of nitrogens with one attached hydrogen (secondary N) is 1. The minimum Gasteiger partial charge on any atom is -0.478 e. The molecule has 2 aromatic heterocycles. The first-order chi connectivity index (χ1) is 8.70. The van der Waals surface area contributed by atoms with E-state index in [9.17, 15) is 4.79 Å². The number of hydrogen-bond donors (Lipinski definition) is 2. The normalized spacial score (nSPS) is 10.1. The number of pyridine rings is 1. The predicted octanol–water partition coefficient (Wildman–Crippen LogP) is 1.88. The lowest BCUT2D eigenvalue weighted by Crippen LogP contribution is -2.07. The Balaban J connectivity index is 2.38. The number of carbonyl (C=O) groups is 1. The van der Waals surface area contributed by atoms with Gasteiger partial charge in [0.15, 0.2) is 0 Å². The molecule has 0 spiro atoms. The lowest BCUT2D eigenvalue weighted by Gasteiger charge is -2.08. The molecule has 0 saturated heterocycles. The molecule has 0 atom stereocenters. The highest BCUT2D eigenvalue weighted by Gasteiger charge is 2.12. The maximum Gasteiger partial charge on any atom is 0.339 e. The number of hydrogen-bond acceptors (Lipinski definition) is 5. The lowest BCUT2D eigenvalue weighted by atomic mass is 10.2. The Hall–Kier alpha value is -2.50. The molecule has 92 valence electrons. The highest BCUT2D eigenvalue weighted by molar-refractivity contribution is 5.93. The Kier molecular flexibility index (Phi) is 3.47. The summed E-state index contributed by atoms with van der Waals surface area (Å²) < 4.78 is 0. The number of anilines is 2. The molecule has 0 saturated carbocycles. The summed E-state index contributed by atoms with van der Waals surface area (Å²) in [7, 11) is 0. The summed E-state index contributed by atoms with van der Waals surface area (Å²) in [6.45, 7) is 1.95. The third-order valence-electron chi connectivity index (χ3n) is 2.36. The molecule has 2 aromatic rings. The molecule has 2 heterocycles. The number of aromatic nitrogens is 3. The number of aryl methyl sites for hydroxylation is 1. The van der Waals surface area contributed by atoms with Gasteiger partial charge >= 0.3 is 5.97 Å². The van der Waals surface area contributed by atoms with Crippen LogP contribution in [0.5, 0.6) is 0 Å². The second kappa shape index (κ2) is 5.22. The van der Waals surface area contributed by atoms with Gasteiger partial charge in [0.05, 0.1) is 6.20 Å². The van der Waals surface area contributed by atoms with Crippen molar-refractivity contribution >= 4 is 17.6 Å². The lowest BCUT2D eigenvalue weighted by molar-refractivity contribution is 0.0697. The molecule has 0 unspecified atom stereocenters. The van der Waals surface area contributed by atoms with Gasteiger partial charge in [-0.05, 0) is 18.6 Å². The van der Waals surface area contributed by atoms with E-state index in [0.29, 0.717) is 5.82 Å². The van der Waals surface area contributed by atoms with Gasteiger partial charge in [0.25, 0.3) is 0 Å². The third-order valence-corrected chi connectivity index (χ3v) is 2.36. The summed E-state index contributed by atoms with van der Waals surface area (Å²) in [4.78, 5) is 23.3. The highest BCUT2D eigenvalue weighted by Crippen LogP contribution is 2.17.